The molecule has 0 aromatic heterocycles. The van der Waals surface area contributed by atoms with Crippen LogP contribution in [0.25, 0.3) is 0 Å². The van der Waals surface area contributed by atoms with Gasteiger partial charge in [-0.1, -0.05) is 23.9 Å². The predicted octanol–water partition coefficient (Wildman–Crippen LogP) is 3.62. The number of para-hydroxylation sites is 1. The van der Waals surface area contributed by atoms with Crippen molar-refractivity contribution < 1.29 is 5.11 Å². The Kier molecular flexibility index (Phi) is 2.07. The Bertz CT molecular complexity index is 553. The molecule has 0 radical (unpaired) electrons. The maximum absolute atomic E-state index is 9.49. The maximum Gasteiger partial charge on any atom is 0.116 e. The van der Waals surface area contributed by atoms with Crippen LogP contribution < -0.4 is 4.90 Å². The van der Waals surface area contributed by atoms with Crippen LogP contribution in [0.4, 0.5) is 11.4 Å². The molecule has 0 saturated carbocycles. The molecule has 80 valence electrons. The summed E-state index contributed by atoms with van der Waals surface area (Å²) < 4.78 is 0. The number of hydrogen-bond donors (Lipinski definition) is 1. The van der Waals surface area contributed by atoms with Crippen molar-refractivity contribution in [2.24, 2.45) is 0 Å². The van der Waals surface area contributed by atoms with E-state index in [0.29, 0.717) is 5.75 Å². The third-order valence-electron chi connectivity index (χ3n) is 2.75. The lowest BCUT2D eigenvalue weighted by Crippen LogP contribution is -2.14. The van der Waals surface area contributed by atoms with E-state index in [9.17, 15) is 5.11 Å². The van der Waals surface area contributed by atoms with Crippen molar-refractivity contribution in [1.29, 1.82) is 0 Å². The van der Waals surface area contributed by atoms with Gasteiger partial charge in [-0.05, 0) is 30.3 Å². The molecule has 3 heteroatoms. The Hall–Kier alpha value is -1.61. The molecule has 0 saturated heterocycles. The van der Waals surface area contributed by atoms with Crippen molar-refractivity contribution in [3.63, 3.8) is 0 Å². The lowest BCUT2D eigenvalue weighted by atomic mass is 10.2. The van der Waals surface area contributed by atoms with E-state index in [1.807, 2.05) is 24.3 Å². The van der Waals surface area contributed by atoms with Crippen molar-refractivity contribution >= 4 is 23.1 Å². The van der Waals surface area contributed by atoms with Gasteiger partial charge in [0.25, 0.3) is 0 Å². The van der Waals surface area contributed by atoms with Crippen LogP contribution in [0.1, 0.15) is 0 Å². The van der Waals surface area contributed by atoms with Crippen LogP contribution in [0.15, 0.2) is 52.3 Å². The van der Waals surface area contributed by atoms with Gasteiger partial charge in [0.1, 0.15) is 5.75 Å². The highest BCUT2D eigenvalue weighted by molar-refractivity contribution is 7.99. The van der Waals surface area contributed by atoms with Gasteiger partial charge < -0.3 is 10.0 Å². The molecule has 2 nitrogen and oxygen atoms in total. The zero-order valence-electron chi connectivity index (χ0n) is 8.84. The Morgan fingerprint density at radius 1 is 1.00 bits per heavy atom. The second-order valence-electron chi connectivity index (χ2n) is 3.78. The zero-order chi connectivity index (χ0) is 11.1. The van der Waals surface area contributed by atoms with Gasteiger partial charge in [0.05, 0.1) is 11.4 Å². The van der Waals surface area contributed by atoms with E-state index in [2.05, 4.69) is 24.1 Å². The van der Waals surface area contributed by atoms with Crippen LogP contribution >= 0.6 is 11.8 Å². The number of phenolic OH excluding ortho intramolecular Hbond substituents is 1. The second kappa shape index (κ2) is 3.46. The van der Waals surface area contributed by atoms with Crippen LogP contribution in [-0.2, 0) is 0 Å². The number of anilines is 2. The molecule has 0 fully saturated rings. The van der Waals surface area contributed by atoms with Gasteiger partial charge in [-0.2, -0.15) is 0 Å². The zero-order valence-corrected chi connectivity index (χ0v) is 9.66. The molecular formula is C13H11NOS. The van der Waals surface area contributed by atoms with Crippen molar-refractivity contribution in [2.45, 2.75) is 9.79 Å². The van der Waals surface area contributed by atoms with Gasteiger partial charge in [-0.25, -0.2) is 0 Å². The Labute approximate surface area is 98.5 Å². The quantitative estimate of drug-likeness (QED) is 0.746. The standard InChI is InChI=1S/C13H11NOS/c1-14-10-4-2-3-5-12(10)16-13-8-9(15)6-7-11(13)14/h2-8,15H,1H3. The SMILES string of the molecule is CN1c2ccccc2Sc2cc(O)ccc21. The van der Waals surface area contributed by atoms with Gasteiger partial charge in [0.2, 0.25) is 0 Å². The average Bonchev–Trinajstić information content (AvgIpc) is 2.29. The third-order valence-corrected chi connectivity index (χ3v) is 3.86. The lowest BCUT2D eigenvalue weighted by Gasteiger charge is -2.29. The fourth-order valence-corrected chi connectivity index (χ4v) is 3.11. The molecule has 2 aromatic carbocycles. The van der Waals surface area contributed by atoms with Crippen LogP contribution in [0.5, 0.6) is 5.75 Å². The van der Waals surface area contributed by atoms with Crippen molar-refractivity contribution in [3.8, 4) is 5.75 Å². The largest absolute Gasteiger partial charge is 0.508 e. The highest BCUT2D eigenvalue weighted by atomic mass is 32.2. The molecular weight excluding hydrogens is 218 g/mol. The molecule has 0 atom stereocenters. The summed E-state index contributed by atoms with van der Waals surface area (Å²) in [5, 5.41) is 9.49. The average molecular weight is 229 g/mol. The van der Waals surface area contributed by atoms with E-state index in [4.69, 9.17) is 0 Å². The summed E-state index contributed by atoms with van der Waals surface area (Å²) >= 11 is 1.70. The van der Waals surface area contributed by atoms with Crippen LogP contribution in [0.2, 0.25) is 0 Å². The van der Waals surface area contributed by atoms with Crippen LogP contribution in [0, 0.1) is 0 Å². The molecule has 3 rings (SSSR count). The summed E-state index contributed by atoms with van der Waals surface area (Å²) in [6.07, 6.45) is 0. The summed E-state index contributed by atoms with van der Waals surface area (Å²) in [7, 11) is 2.05. The molecule has 0 unspecified atom stereocenters. The summed E-state index contributed by atoms with van der Waals surface area (Å²) in [5.41, 5.74) is 2.35. The molecule has 0 amide bonds. The molecule has 1 aliphatic rings. The van der Waals surface area contributed by atoms with Gasteiger partial charge in [0.15, 0.2) is 0 Å². The van der Waals surface area contributed by atoms with Crippen molar-refractivity contribution in [3.05, 3.63) is 42.5 Å². The fraction of sp³-hybridized carbons (Fsp3) is 0.0769. The summed E-state index contributed by atoms with van der Waals surface area (Å²) in [4.78, 5) is 4.48. The van der Waals surface area contributed by atoms with Crippen LogP contribution in [0.3, 0.4) is 0 Å². The highest BCUT2D eigenvalue weighted by Crippen LogP contribution is 2.47. The maximum atomic E-state index is 9.49. The first kappa shape index (κ1) is 9.60. The predicted molar refractivity (Wildman–Crippen MR) is 66.7 cm³/mol. The Morgan fingerprint density at radius 2 is 1.75 bits per heavy atom. The van der Waals surface area contributed by atoms with Gasteiger partial charge in [-0.15, -0.1) is 0 Å². The Balaban J connectivity index is 2.18. The van der Waals surface area contributed by atoms with Gasteiger partial charge in [-0.3, -0.25) is 0 Å². The van der Waals surface area contributed by atoms with Crippen LogP contribution in [-0.4, -0.2) is 12.2 Å². The molecule has 1 aliphatic heterocycles. The number of hydrogen-bond acceptors (Lipinski definition) is 3. The van der Waals surface area contributed by atoms with Crippen molar-refractivity contribution in [2.75, 3.05) is 11.9 Å². The highest BCUT2D eigenvalue weighted by Gasteiger charge is 2.20. The second-order valence-corrected chi connectivity index (χ2v) is 4.86. The van der Waals surface area contributed by atoms with E-state index >= 15 is 0 Å². The minimum Gasteiger partial charge on any atom is -0.508 e. The van der Waals surface area contributed by atoms with Crippen molar-refractivity contribution in [1.82, 2.24) is 0 Å². The topological polar surface area (TPSA) is 23.5 Å². The first-order chi connectivity index (χ1) is 7.75. The minimum atomic E-state index is 0.319. The fourth-order valence-electron chi connectivity index (χ4n) is 1.93. The van der Waals surface area contributed by atoms with Gasteiger partial charge >= 0.3 is 0 Å². The normalized spacial score (nSPS) is 13.2. The van der Waals surface area contributed by atoms with E-state index in [1.165, 1.54) is 10.6 Å². The molecule has 1 N–H and O–H groups in total. The molecule has 2 aromatic rings. The van der Waals surface area contributed by atoms with E-state index in [-0.39, 0.29) is 0 Å². The number of rotatable bonds is 0. The number of phenols is 1. The number of fused-ring (bicyclic) bond motifs is 2. The smallest absolute Gasteiger partial charge is 0.116 e. The van der Waals surface area contributed by atoms with E-state index < -0.39 is 0 Å². The van der Waals surface area contributed by atoms with E-state index in [0.717, 1.165) is 10.6 Å². The first-order valence-electron chi connectivity index (χ1n) is 5.09. The summed E-state index contributed by atoms with van der Waals surface area (Å²) in [6.45, 7) is 0. The summed E-state index contributed by atoms with van der Waals surface area (Å²) in [5.74, 6) is 0.319. The third kappa shape index (κ3) is 1.36. The lowest BCUT2D eigenvalue weighted by molar-refractivity contribution is 0.474. The molecule has 0 aliphatic carbocycles. The Morgan fingerprint density at radius 3 is 2.62 bits per heavy atom. The number of aromatic hydroxyl groups is 1. The molecule has 0 bridgehead atoms. The van der Waals surface area contributed by atoms with Gasteiger partial charge in [0, 0.05) is 16.8 Å². The minimum absolute atomic E-state index is 0.319. The first-order valence-corrected chi connectivity index (χ1v) is 5.91. The number of benzene rings is 2. The molecule has 1 heterocycles. The van der Waals surface area contributed by atoms with E-state index in [1.54, 1.807) is 17.8 Å². The molecule has 0 spiro atoms. The molecule has 16 heavy (non-hydrogen) atoms. The monoisotopic (exact) mass is 229 g/mol. The summed E-state index contributed by atoms with van der Waals surface area (Å²) in [6, 6.07) is 13.8. The number of nitrogens with zero attached hydrogens (tertiary/aromatic N) is 1.